The van der Waals surface area contributed by atoms with Gasteiger partial charge in [-0.25, -0.2) is 0 Å². The number of carbonyl (C=O) groups is 1. The van der Waals surface area contributed by atoms with E-state index >= 15 is 0 Å². The Hall–Kier alpha value is -0.570. The Kier molecular flexibility index (Phi) is 2.73. The van der Waals surface area contributed by atoms with Crippen LogP contribution >= 0.6 is 0 Å². The van der Waals surface area contributed by atoms with Crippen LogP contribution in [0, 0.1) is 11.3 Å². The molecule has 1 amide bonds. The predicted molar refractivity (Wildman–Crippen MR) is 46.5 cm³/mol. The summed E-state index contributed by atoms with van der Waals surface area (Å²) in [7, 11) is 1.69. The minimum atomic E-state index is -0.201. The molecule has 0 spiro atoms. The molecule has 1 aliphatic rings. The van der Waals surface area contributed by atoms with Crippen molar-refractivity contribution in [2.75, 3.05) is 13.7 Å². The van der Waals surface area contributed by atoms with Crippen molar-refractivity contribution in [3.05, 3.63) is 0 Å². The molecule has 12 heavy (non-hydrogen) atoms. The molecule has 1 fully saturated rings. The number of hydrogen-bond acceptors (Lipinski definition) is 2. The fourth-order valence-corrected chi connectivity index (χ4v) is 1.65. The van der Waals surface area contributed by atoms with Crippen molar-refractivity contribution < 1.29 is 9.53 Å². The van der Waals surface area contributed by atoms with Crippen molar-refractivity contribution in [2.45, 2.75) is 26.2 Å². The van der Waals surface area contributed by atoms with E-state index in [1.165, 1.54) is 0 Å². The highest BCUT2D eigenvalue weighted by Crippen LogP contribution is 2.54. The topological polar surface area (TPSA) is 52.3 Å². The molecule has 2 N–H and O–H groups in total. The molecule has 70 valence electrons. The standard InChI is InChI=1S/C9H17NO2/c1-9(8(10)11)6-7(9)4-3-5-12-2/h7H,3-6H2,1-2H3,(H2,10,11). The highest BCUT2D eigenvalue weighted by atomic mass is 16.5. The van der Waals surface area contributed by atoms with Crippen LogP contribution in [0.4, 0.5) is 0 Å². The summed E-state index contributed by atoms with van der Waals surface area (Å²) in [6, 6.07) is 0. The quantitative estimate of drug-likeness (QED) is 0.625. The van der Waals surface area contributed by atoms with Gasteiger partial charge in [0.1, 0.15) is 0 Å². The lowest BCUT2D eigenvalue weighted by molar-refractivity contribution is -0.123. The number of primary amides is 1. The molecule has 0 bridgehead atoms. The van der Waals surface area contributed by atoms with Gasteiger partial charge >= 0.3 is 0 Å². The van der Waals surface area contributed by atoms with Crippen molar-refractivity contribution in [3.63, 3.8) is 0 Å². The third kappa shape index (κ3) is 1.78. The lowest BCUT2D eigenvalue weighted by Crippen LogP contribution is -2.23. The van der Waals surface area contributed by atoms with E-state index in [1.807, 2.05) is 6.92 Å². The Bertz CT molecular complexity index is 181. The minimum Gasteiger partial charge on any atom is -0.385 e. The Balaban J connectivity index is 2.19. The lowest BCUT2D eigenvalue weighted by Gasteiger charge is -2.04. The molecule has 0 aromatic rings. The first-order valence-electron chi connectivity index (χ1n) is 4.40. The van der Waals surface area contributed by atoms with Crippen molar-refractivity contribution in [1.29, 1.82) is 0 Å². The van der Waals surface area contributed by atoms with Gasteiger partial charge in [0.05, 0.1) is 0 Å². The van der Waals surface area contributed by atoms with Gasteiger partial charge in [0.2, 0.25) is 5.91 Å². The highest BCUT2D eigenvalue weighted by Gasteiger charge is 2.53. The van der Waals surface area contributed by atoms with Crippen LogP contribution in [0.5, 0.6) is 0 Å². The fraction of sp³-hybridized carbons (Fsp3) is 0.889. The van der Waals surface area contributed by atoms with Crippen molar-refractivity contribution in [2.24, 2.45) is 17.1 Å². The van der Waals surface area contributed by atoms with E-state index in [4.69, 9.17) is 10.5 Å². The number of nitrogens with two attached hydrogens (primary N) is 1. The molecule has 1 saturated carbocycles. The van der Waals surface area contributed by atoms with Gasteiger partial charge in [-0.15, -0.1) is 0 Å². The van der Waals surface area contributed by atoms with Gasteiger partial charge in [-0.3, -0.25) is 4.79 Å². The first-order valence-corrected chi connectivity index (χ1v) is 4.40. The summed E-state index contributed by atoms with van der Waals surface area (Å²) in [5.74, 6) is 0.357. The summed E-state index contributed by atoms with van der Waals surface area (Å²) in [5, 5.41) is 0. The normalized spacial score (nSPS) is 33.3. The monoisotopic (exact) mass is 171 g/mol. The zero-order chi connectivity index (χ0) is 9.19. The third-order valence-corrected chi connectivity index (χ3v) is 2.88. The second kappa shape index (κ2) is 3.44. The molecule has 0 radical (unpaired) electrons. The average molecular weight is 171 g/mol. The van der Waals surface area contributed by atoms with Crippen LogP contribution in [-0.2, 0) is 9.53 Å². The summed E-state index contributed by atoms with van der Waals surface area (Å²) < 4.78 is 4.93. The molecule has 0 saturated heterocycles. The lowest BCUT2D eigenvalue weighted by atomic mass is 10.0. The summed E-state index contributed by atoms with van der Waals surface area (Å²) in [6.07, 6.45) is 3.06. The maximum absolute atomic E-state index is 10.9. The molecule has 1 aliphatic carbocycles. The van der Waals surface area contributed by atoms with Crippen LogP contribution in [0.2, 0.25) is 0 Å². The Morgan fingerprint density at radius 3 is 2.83 bits per heavy atom. The largest absolute Gasteiger partial charge is 0.385 e. The van der Waals surface area contributed by atoms with E-state index < -0.39 is 0 Å². The molecule has 2 unspecified atom stereocenters. The molecular weight excluding hydrogens is 154 g/mol. The number of rotatable bonds is 5. The molecule has 3 nitrogen and oxygen atoms in total. The highest BCUT2D eigenvalue weighted by molar-refractivity contribution is 5.83. The van der Waals surface area contributed by atoms with Crippen LogP contribution in [0.25, 0.3) is 0 Å². The maximum Gasteiger partial charge on any atom is 0.223 e. The number of methoxy groups -OCH3 is 1. The molecule has 0 aromatic heterocycles. The fourth-order valence-electron chi connectivity index (χ4n) is 1.65. The number of hydrogen-bond donors (Lipinski definition) is 1. The number of amides is 1. The van der Waals surface area contributed by atoms with Gasteiger partial charge in [-0.1, -0.05) is 6.92 Å². The number of carbonyl (C=O) groups excluding carboxylic acids is 1. The minimum absolute atomic E-state index is 0.148. The van der Waals surface area contributed by atoms with Gasteiger partial charge in [0.15, 0.2) is 0 Å². The van der Waals surface area contributed by atoms with Gasteiger partial charge in [-0.2, -0.15) is 0 Å². The molecule has 0 aromatic carbocycles. The van der Waals surface area contributed by atoms with E-state index in [9.17, 15) is 4.79 Å². The molecule has 0 heterocycles. The first kappa shape index (κ1) is 9.52. The van der Waals surface area contributed by atoms with Gasteiger partial charge in [0.25, 0.3) is 0 Å². The predicted octanol–water partition coefficient (Wildman–Crippen LogP) is 0.924. The van der Waals surface area contributed by atoms with Crippen LogP contribution in [0.3, 0.4) is 0 Å². The van der Waals surface area contributed by atoms with E-state index in [0.29, 0.717) is 5.92 Å². The van der Waals surface area contributed by atoms with E-state index in [1.54, 1.807) is 7.11 Å². The maximum atomic E-state index is 10.9. The molecule has 3 heteroatoms. The van der Waals surface area contributed by atoms with Crippen LogP contribution in [-0.4, -0.2) is 19.6 Å². The summed E-state index contributed by atoms with van der Waals surface area (Å²) in [6.45, 7) is 2.73. The zero-order valence-corrected chi connectivity index (χ0v) is 7.80. The summed E-state index contributed by atoms with van der Waals surface area (Å²) in [4.78, 5) is 10.9. The molecule has 2 atom stereocenters. The van der Waals surface area contributed by atoms with Crippen LogP contribution < -0.4 is 5.73 Å². The second-order valence-corrected chi connectivity index (χ2v) is 3.82. The van der Waals surface area contributed by atoms with Crippen LogP contribution in [0.1, 0.15) is 26.2 Å². The van der Waals surface area contributed by atoms with Gasteiger partial charge < -0.3 is 10.5 Å². The average Bonchev–Trinajstić information content (AvgIpc) is 2.64. The van der Waals surface area contributed by atoms with Crippen molar-refractivity contribution in [3.8, 4) is 0 Å². The van der Waals surface area contributed by atoms with E-state index in [-0.39, 0.29) is 11.3 Å². The first-order chi connectivity index (χ1) is 5.61. The van der Waals surface area contributed by atoms with Gasteiger partial charge in [-0.05, 0) is 25.2 Å². The number of ether oxygens (including phenoxy) is 1. The third-order valence-electron chi connectivity index (χ3n) is 2.88. The summed E-state index contributed by atoms with van der Waals surface area (Å²) >= 11 is 0. The van der Waals surface area contributed by atoms with Crippen LogP contribution in [0.15, 0.2) is 0 Å². The molecular formula is C9H17NO2. The smallest absolute Gasteiger partial charge is 0.223 e. The van der Waals surface area contributed by atoms with E-state index in [2.05, 4.69) is 0 Å². The Morgan fingerprint density at radius 2 is 2.42 bits per heavy atom. The Morgan fingerprint density at radius 1 is 1.75 bits per heavy atom. The summed E-state index contributed by atoms with van der Waals surface area (Å²) in [5.41, 5.74) is 5.06. The SMILES string of the molecule is COCCCC1CC1(C)C(N)=O. The van der Waals surface area contributed by atoms with E-state index in [0.717, 1.165) is 25.9 Å². The molecule has 1 rings (SSSR count). The Labute approximate surface area is 73.3 Å². The van der Waals surface area contributed by atoms with Crippen molar-refractivity contribution in [1.82, 2.24) is 0 Å². The van der Waals surface area contributed by atoms with Gasteiger partial charge in [0, 0.05) is 19.1 Å². The van der Waals surface area contributed by atoms with Crippen molar-refractivity contribution >= 4 is 5.91 Å². The zero-order valence-electron chi connectivity index (χ0n) is 7.80. The molecule has 0 aliphatic heterocycles. The second-order valence-electron chi connectivity index (χ2n) is 3.82.